The van der Waals surface area contributed by atoms with Crippen molar-refractivity contribution in [3.05, 3.63) is 0 Å². The second-order valence-electron chi connectivity index (χ2n) is 3.27. The van der Waals surface area contributed by atoms with Crippen molar-refractivity contribution in [2.75, 3.05) is 13.2 Å². The van der Waals surface area contributed by atoms with Crippen molar-refractivity contribution < 1.29 is 14.3 Å². The SMILES string of the molecule is CCCCCOC(=O)C(C)C(=O)CN. The fourth-order valence-corrected chi connectivity index (χ4v) is 0.958. The molecule has 0 aliphatic carbocycles. The summed E-state index contributed by atoms with van der Waals surface area (Å²) in [7, 11) is 0. The van der Waals surface area contributed by atoms with E-state index >= 15 is 0 Å². The lowest BCUT2D eigenvalue weighted by Crippen LogP contribution is -2.29. The molecule has 0 bridgehead atoms. The second kappa shape index (κ2) is 7.50. The van der Waals surface area contributed by atoms with Crippen molar-refractivity contribution >= 4 is 11.8 Å². The molecule has 14 heavy (non-hydrogen) atoms. The van der Waals surface area contributed by atoms with Gasteiger partial charge in [-0.3, -0.25) is 9.59 Å². The molecule has 82 valence electrons. The molecule has 0 aliphatic rings. The van der Waals surface area contributed by atoms with Crippen molar-refractivity contribution in [1.82, 2.24) is 0 Å². The van der Waals surface area contributed by atoms with Gasteiger partial charge in [0, 0.05) is 0 Å². The van der Waals surface area contributed by atoms with Gasteiger partial charge in [0.15, 0.2) is 5.78 Å². The third kappa shape index (κ3) is 4.97. The zero-order valence-corrected chi connectivity index (χ0v) is 8.91. The lowest BCUT2D eigenvalue weighted by atomic mass is 10.1. The molecule has 0 radical (unpaired) electrons. The summed E-state index contributed by atoms with van der Waals surface area (Å²) in [6, 6.07) is 0. The van der Waals surface area contributed by atoms with Crippen LogP contribution in [0.15, 0.2) is 0 Å². The quantitative estimate of drug-likeness (QED) is 0.377. The summed E-state index contributed by atoms with van der Waals surface area (Å²) in [4.78, 5) is 22.2. The van der Waals surface area contributed by atoms with Gasteiger partial charge in [-0.25, -0.2) is 0 Å². The van der Waals surface area contributed by atoms with Gasteiger partial charge in [-0.2, -0.15) is 0 Å². The number of hydrogen-bond donors (Lipinski definition) is 1. The van der Waals surface area contributed by atoms with Crippen molar-refractivity contribution in [1.29, 1.82) is 0 Å². The predicted molar refractivity (Wildman–Crippen MR) is 53.7 cm³/mol. The zero-order valence-electron chi connectivity index (χ0n) is 8.91. The van der Waals surface area contributed by atoms with Crippen LogP contribution in [0.4, 0.5) is 0 Å². The third-order valence-electron chi connectivity index (χ3n) is 2.03. The predicted octanol–water partition coefficient (Wildman–Crippen LogP) is 0.884. The molecule has 0 amide bonds. The highest BCUT2D eigenvalue weighted by Gasteiger charge is 2.20. The smallest absolute Gasteiger partial charge is 0.316 e. The molecular weight excluding hydrogens is 182 g/mol. The number of carbonyl (C=O) groups excluding carboxylic acids is 2. The molecule has 0 fully saturated rings. The first-order chi connectivity index (χ1) is 6.63. The van der Waals surface area contributed by atoms with E-state index in [9.17, 15) is 9.59 Å². The molecule has 0 aromatic rings. The van der Waals surface area contributed by atoms with Crippen molar-refractivity contribution in [3.63, 3.8) is 0 Å². The van der Waals surface area contributed by atoms with Crippen LogP contribution in [0.5, 0.6) is 0 Å². The summed E-state index contributed by atoms with van der Waals surface area (Å²) in [6.45, 7) is 3.89. The Bertz CT molecular complexity index is 192. The van der Waals surface area contributed by atoms with Gasteiger partial charge in [-0.1, -0.05) is 19.8 Å². The number of hydrogen-bond acceptors (Lipinski definition) is 4. The van der Waals surface area contributed by atoms with Gasteiger partial charge in [0.2, 0.25) is 0 Å². The molecule has 4 nitrogen and oxygen atoms in total. The standard InChI is InChI=1S/C10H19NO3/c1-3-4-5-6-14-10(13)8(2)9(12)7-11/h8H,3-7,11H2,1-2H3. The molecule has 1 unspecified atom stereocenters. The summed E-state index contributed by atoms with van der Waals surface area (Å²) in [6.07, 6.45) is 2.97. The molecule has 0 aromatic heterocycles. The number of carbonyl (C=O) groups is 2. The third-order valence-corrected chi connectivity index (χ3v) is 2.03. The monoisotopic (exact) mass is 201 g/mol. The Kier molecular flexibility index (Phi) is 7.02. The molecule has 0 aromatic carbocycles. The van der Waals surface area contributed by atoms with E-state index in [0.29, 0.717) is 6.61 Å². The van der Waals surface area contributed by atoms with Gasteiger partial charge >= 0.3 is 5.97 Å². The number of unbranched alkanes of at least 4 members (excludes halogenated alkanes) is 2. The van der Waals surface area contributed by atoms with Crippen LogP contribution in [0.2, 0.25) is 0 Å². The maximum Gasteiger partial charge on any atom is 0.316 e. The lowest BCUT2D eigenvalue weighted by Gasteiger charge is -2.08. The van der Waals surface area contributed by atoms with E-state index in [-0.39, 0.29) is 12.3 Å². The van der Waals surface area contributed by atoms with Crippen LogP contribution >= 0.6 is 0 Å². The van der Waals surface area contributed by atoms with Crippen LogP contribution in [0.3, 0.4) is 0 Å². The van der Waals surface area contributed by atoms with E-state index in [1.807, 2.05) is 0 Å². The van der Waals surface area contributed by atoms with Gasteiger partial charge in [-0.15, -0.1) is 0 Å². The van der Waals surface area contributed by atoms with E-state index in [4.69, 9.17) is 10.5 Å². The maximum absolute atomic E-state index is 11.2. The van der Waals surface area contributed by atoms with Gasteiger partial charge in [0.25, 0.3) is 0 Å². The molecule has 1 atom stereocenters. The molecule has 0 spiro atoms. The first-order valence-corrected chi connectivity index (χ1v) is 5.02. The van der Waals surface area contributed by atoms with Gasteiger partial charge < -0.3 is 10.5 Å². The Morgan fingerprint density at radius 1 is 1.36 bits per heavy atom. The normalized spacial score (nSPS) is 12.2. The molecule has 0 saturated heterocycles. The minimum absolute atomic E-state index is 0.106. The molecule has 0 saturated carbocycles. The Morgan fingerprint density at radius 2 is 2.00 bits per heavy atom. The van der Waals surface area contributed by atoms with Crippen molar-refractivity contribution in [2.24, 2.45) is 11.7 Å². The number of ketones is 1. The summed E-state index contributed by atoms with van der Waals surface area (Å²) >= 11 is 0. The van der Waals surface area contributed by atoms with Crippen LogP contribution < -0.4 is 5.73 Å². The number of esters is 1. The van der Waals surface area contributed by atoms with Gasteiger partial charge in [0.05, 0.1) is 13.2 Å². The maximum atomic E-state index is 11.2. The minimum atomic E-state index is -0.721. The Morgan fingerprint density at radius 3 is 2.50 bits per heavy atom. The number of nitrogens with two attached hydrogens (primary N) is 1. The molecule has 0 rings (SSSR count). The fourth-order valence-electron chi connectivity index (χ4n) is 0.958. The van der Waals surface area contributed by atoms with Gasteiger partial charge in [0.1, 0.15) is 5.92 Å². The average molecular weight is 201 g/mol. The molecular formula is C10H19NO3. The summed E-state index contributed by atoms with van der Waals surface area (Å²) in [5.74, 6) is -1.45. The zero-order chi connectivity index (χ0) is 11.0. The second-order valence-corrected chi connectivity index (χ2v) is 3.27. The fraction of sp³-hybridized carbons (Fsp3) is 0.800. The first-order valence-electron chi connectivity index (χ1n) is 5.02. The number of Topliss-reactive ketones (excluding diaryl/α,β-unsaturated/α-hetero) is 1. The lowest BCUT2D eigenvalue weighted by molar-refractivity contribution is -0.151. The topological polar surface area (TPSA) is 69.4 Å². The Balaban J connectivity index is 3.68. The highest BCUT2D eigenvalue weighted by Crippen LogP contribution is 2.01. The van der Waals surface area contributed by atoms with Crippen LogP contribution in [-0.2, 0) is 14.3 Å². The summed E-state index contributed by atoms with van der Waals surface area (Å²) in [5.41, 5.74) is 5.13. The number of ether oxygens (including phenoxy) is 1. The van der Waals surface area contributed by atoms with Crippen LogP contribution in [0, 0.1) is 5.92 Å². The highest BCUT2D eigenvalue weighted by atomic mass is 16.5. The Hall–Kier alpha value is -0.900. The highest BCUT2D eigenvalue weighted by molar-refractivity contribution is 5.99. The minimum Gasteiger partial charge on any atom is -0.465 e. The number of rotatable bonds is 7. The van der Waals surface area contributed by atoms with E-state index in [2.05, 4.69) is 6.92 Å². The van der Waals surface area contributed by atoms with E-state index in [0.717, 1.165) is 19.3 Å². The molecule has 0 heterocycles. The Labute approximate surface area is 84.8 Å². The van der Waals surface area contributed by atoms with Crippen LogP contribution in [0.1, 0.15) is 33.1 Å². The summed E-state index contributed by atoms with van der Waals surface area (Å²) in [5, 5.41) is 0. The average Bonchev–Trinajstić information content (AvgIpc) is 2.21. The molecule has 2 N–H and O–H groups in total. The van der Waals surface area contributed by atoms with Crippen LogP contribution in [-0.4, -0.2) is 24.9 Å². The molecule has 4 heteroatoms. The van der Waals surface area contributed by atoms with Crippen LogP contribution in [0.25, 0.3) is 0 Å². The molecule has 0 aliphatic heterocycles. The largest absolute Gasteiger partial charge is 0.465 e. The van der Waals surface area contributed by atoms with Gasteiger partial charge in [-0.05, 0) is 13.3 Å². The first kappa shape index (κ1) is 13.1. The van der Waals surface area contributed by atoms with E-state index in [1.165, 1.54) is 6.92 Å². The van der Waals surface area contributed by atoms with E-state index in [1.54, 1.807) is 0 Å². The summed E-state index contributed by atoms with van der Waals surface area (Å²) < 4.78 is 4.91. The van der Waals surface area contributed by atoms with Crippen molar-refractivity contribution in [2.45, 2.75) is 33.1 Å². The van der Waals surface area contributed by atoms with E-state index < -0.39 is 11.9 Å². The van der Waals surface area contributed by atoms with Crippen molar-refractivity contribution in [3.8, 4) is 0 Å².